The van der Waals surface area contributed by atoms with Gasteiger partial charge in [0.1, 0.15) is 23.7 Å². The summed E-state index contributed by atoms with van der Waals surface area (Å²) in [5.74, 6) is 0.590. The van der Waals surface area contributed by atoms with Crippen LogP contribution in [-0.2, 0) is 33.5 Å². The van der Waals surface area contributed by atoms with Gasteiger partial charge in [-0.1, -0.05) is 65.0 Å². The number of amides is 1. The summed E-state index contributed by atoms with van der Waals surface area (Å²) in [6, 6.07) is 17.9. The lowest BCUT2D eigenvalue weighted by molar-refractivity contribution is 0.0513. The zero-order valence-corrected chi connectivity index (χ0v) is 34.5. The minimum absolute atomic E-state index is 0.168. The molecule has 286 valence electrons. The number of ether oxygens (including phenoxy) is 3. The fraction of sp³-hybridized carbons (Fsp3) is 0.476. The highest BCUT2D eigenvalue weighted by molar-refractivity contribution is 6.74. The van der Waals surface area contributed by atoms with Crippen LogP contribution in [0.4, 0.5) is 4.79 Å². The number of carbonyl (C=O) groups excluding carboxylic acids is 2. The van der Waals surface area contributed by atoms with Crippen LogP contribution in [0.1, 0.15) is 95.4 Å². The van der Waals surface area contributed by atoms with Crippen molar-refractivity contribution in [2.24, 2.45) is 0 Å². The molecule has 1 amide bonds. The first kappa shape index (κ1) is 41.3. The van der Waals surface area contributed by atoms with E-state index in [9.17, 15) is 9.59 Å². The zero-order chi connectivity index (χ0) is 39.0. The molecule has 4 rings (SSSR count). The van der Waals surface area contributed by atoms with E-state index < -0.39 is 26.0 Å². The monoisotopic (exact) mass is 742 g/mol. The second-order valence-electron chi connectivity index (χ2n) is 16.0. The molecule has 0 aliphatic carbocycles. The van der Waals surface area contributed by atoms with Crippen LogP contribution in [0.3, 0.4) is 0 Å². The van der Waals surface area contributed by atoms with Gasteiger partial charge in [-0.25, -0.2) is 9.59 Å². The number of hydrogen-bond acceptors (Lipinski definition) is 8. The van der Waals surface area contributed by atoms with Crippen molar-refractivity contribution in [1.82, 2.24) is 20.1 Å². The summed E-state index contributed by atoms with van der Waals surface area (Å²) in [6.07, 6.45) is 3.68. The normalized spacial score (nSPS) is 12.2. The molecule has 0 fully saturated rings. The van der Waals surface area contributed by atoms with Gasteiger partial charge >= 0.3 is 12.1 Å². The van der Waals surface area contributed by atoms with Crippen molar-refractivity contribution in [2.75, 3.05) is 19.8 Å². The Hall–Kier alpha value is -4.48. The van der Waals surface area contributed by atoms with Crippen LogP contribution < -0.4 is 10.1 Å². The van der Waals surface area contributed by atoms with E-state index in [4.69, 9.17) is 23.7 Å². The van der Waals surface area contributed by atoms with Crippen molar-refractivity contribution < 1.29 is 28.2 Å². The summed E-state index contributed by atoms with van der Waals surface area (Å²) < 4.78 is 25.3. The van der Waals surface area contributed by atoms with Gasteiger partial charge in [-0.15, -0.1) is 0 Å². The average Bonchev–Trinajstić information content (AvgIpc) is 3.46. The Bertz CT molecular complexity index is 1820. The molecule has 0 spiro atoms. The average molecular weight is 743 g/mol. The number of carbonyl (C=O) groups is 2. The van der Waals surface area contributed by atoms with E-state index in [1.54, 1.807) is 44.8 Å². The molecule has 2 heterocycles. The highest BCUT2D eigenvalue weighted by atomic mass is 28.4. The number of alkyl carbamates (subject to hydrolysis) is 1. The quantitative estimate of drug-likeness (QED) is 0.0947. The first-order valence-electron chi connectivity index (χ1n) is 18.5. The van der Waals surface area contributed by atoms with E-state index in [-0.39, 0.29) is 30.4 Å². The summed E-state index contributed by atoms with van der Waals surface area (Å²) in [4.78, 5) is 30.0. The minimum Gasteiger partial charge on any atom is -0.489 e. The van der Waals surface area contributed by atoms with Gasteiger partial charge in [-0.3, -0.25) is 9.67 Å². The van der Waals surface area contributed by atoms with Gasteiger partial charge in [0.05, 0.1) is 13.2 Å². The topological polar surface area (TPSA) is 114 Å². The number of benzene rings is 2. The Morgan fingerprint density at radius 2 is 1.60 bits per heavy atom. The van der Waals surface area contributed by atoms with Crippen molar-refractivity contribution >= 4 is 20.4 Å². The smallest absolute Gasteiger partial charge is 0.407 e. The molecule has 11 heteroatoms. The lowest BCUT2D eigenvalue weighted by atomic mass is 9.94. The van der Waals surface area contributed by atoms with Crippen LogP contribution in [0, 0.1) is 0 Å². The van der Waals surface area contributed by atoms with Gasteiger partial charge in [0.25, 0.3) is 0 Å². The molecule has 0 aliphatic rings. The molecule has 0 bridgehead atoms. The minimum atomic E-state index is -1.84. The van der Waals surface area contributed by atoms with Gasteiger partial charge < -0.3 is 24.0 Å². The van der Waals surface area contributed by atoms with Crippen LogP contribution in [0.15, 0.2) is 67.0 Å². The molecule has 0 atom stereocenters. The molecule has 4 aromatic rings. The van der Waals surface area contributed by atoms with E-state index in [0.717, 1.165) is 23.1 Å². The van der Waals surface area contributed by atoms with Crippen LogP contribution in [0.5, 0.6) is 5.75 Å². The third kappa shape index (κ3) is 11.3. The van der Waals surface area contributed by atoms with Crippen molar-refractivity contribution in [1.29, 1.82) is 0 Å². The molecular formula is C42H58N4O6Si. The predicted octanol–water partition coefficient (Wildman–Crippen LogP) is 9.58. The summed E-state index contributed by atoms with van der Waals surface area (Å²) in [5.41, 5.74) is 6.14. The second kappa shape index (κ2) is 17.6. The van der Waals surface area contributed by atoms with Gasteiger partial charge in [0.2, 0.25) is 0 Å². The molecular weight excluding hydrogens is 685 g/mol. The third-order valence-corrected chi connectivity index (χ3v) is 13.9. The summed E-state index contributed by atoms with van der Waals surface area (Å²) >= 11 is 0. The molecule has 0 saturated carbocycles. The van der Waals surface area contributed by atoms with Gasteiger partial charge in [-0.2, -0.15) is 5.10 Å². The molecule has 1 N–H and O–H groups in total. The van der Waals surface area contributed by atoms with Gasteiger partial charge in [0.15, 0.2) is 14.0 Å². The maximum Gasteiger partial charge on any atom is 0.407 e. The lowest BCUT2D eigenvalue weighted by Gasteiger charge is -2.36. The number of rotatable bonds is 15. The third-order valence-electron chi connectivity index (χ3n) is 9.39. The molecule has 10 nitrogen and oxygen atoms in total. The van der Waals surface area contributed by atoms with Crippen molar-refractivity contribution in [3.63, 3.8) is 0 Å². The van der Waals surface area contributed by atoms with Crippen LogP contribution >= 0.6 is 0 Å². The molecule has 53 heavy (non-hydrogen) atoms. The summed E-state index contributed by atoms with van der Waals surface area (Å²) in [6.45, 7) is 24.7. The zero-order valence-electron chi connectivity index (χ0n) is 33.5. The first-order chi connectivity index (χ1) is 24.9. The highest BCUT2D eigenvalue weighted by Gasteiger charge is 2.37. The molecule has 2 aromatic carbocycles. The number of aromatic nitrogens is 3. The highest BCUT2D eigenvalue weighted by Crippen LogP contribution is 2.38. The van der Waals surface area contributed by atoms with Gasteiger partial charge in [0, 0.05) is 36.7 Å². The van der Waals surface area contributed by atoms with Crippen molar-refractivity contribution in [2.45, 2.75) is 112 Å². The number of esters is 1. The van der Waals surface area contributed by atoms with E-state index in [1.807, 2.05) is 36.4 Å². The van der Waals surface area contributed by atoms with Crippen LogP contribution in [0.25, 0.3) is 22.4 Å². The summed E-state index contributed by atoms with van der Waals surface area (Å²) in [7, 11) is -1.84. The van der Waals surface area contributed by atoms with Gasteiger partial charge in [-0.05, 0) is 105 Å². The Morgan fingerprint density at radius 1 is 0.925 bits per heavy atom. The summed E-state index contributed by atoms with van der Waals surface area (Å²) in [5, 5.41) is 7.79. The molecule has 0 saturated heterocycles. The fourth-order valence-corrected chi connectivity index (χ4v) is 6.69. The van der Waals surface area contributed by atoms with Crippen LogP contribution in [0.2, 0.25) is 18.1 Å². The van der Waals surface area contributed by atoms with E-state index in [1.165, 1.54) is 11.1 Å². The number of pyridine rings is 1. The molecule has 2 aromatic heterocycles. The Balaban J connectivity index is 1.58. The molecule has 0 aliphatic heterocycles. The predicted molar refractivity (Wildman–Crippen MR) is 213 cm³/mol. The number of nitrogens with one attached hydrogen (secondary N) is 1. The first-order valence-corrected chi connectivity index (χ1v) is 21.4. The van der Waals surface area contributed by atoms with E-state index in [2.05, 4.69) is 76.2 Å². The van der Waals surface area contributed by atoms with E-state index >= 15 is 0 Å². The fourth-order valence-electron chi connectivity index (χ4n) is 5.64. The molecule has 0 radical (unpaired) electrons. The Morgan fingerprint density at radius 3 is 2.21 bits per heavy atom. The van der Waals surface area contributed by atoms with Crippen molar-refractivity contribution in [3.05, 3.63) is 89.4 Å². The largest absolute Gasteiger partial charge is 0.489 e. The Labute approximate surface area is 316 Å². The van der Waals surface area contributed by atoms with Crippen molar-refractivity contribution in [3.8, 4) is 28.1 Å². The number of nitrogens with zero attached hydrogens (tertiary/aromatic N) is 3. The standard InChI is InChI=1S/C42H58N4O6Si/c1-12-49-39(47)38-36(37(32-19-22-43-23-20-32)45-46(38)25-24-44-40(48)52-41(4,5)6)31-14-16-34(17-15-31)50-28-30-13-18-35(29(2)3)33(27-30)21-26-51-53(10,11)42(7,8)9/h13-20,22-23,27,29H,12,21,24-26,28H2,1-11H3,(H,44,48). The number of hydrogen-bond donors (Lipinski definition) is 1. The Kier molecular flexibility index (Phi) is 13.7. The second-order valence-corrected chi connectivity index (χ2v) is 20.8. The maximum absolute atomic E-state index is 13.5. The maximum atomic E-state index is 13.5. The lowest BCUT2D eigenvalue weighted by Crippen LogP contribution is -2.41. The SMILES string of the molecule is CCOC(=O)c1c(-c2ccc(OCc3ccc(C(C)C)c(CCO[Si](C)(C)C(C)(C)C)c3)cc2)c(-c2ccncc2)nn1CCNC(=O)OC(C)(C)C. The van der Waals surface area contributed by atoms with Crippen LogP contribution in [-0.4, -0.2) is 60.5 Å². The molecule has 0 unspecified atom stereocenters. The van der Waals surface area contributed by atoms with E-state index in [0.29, 0.717) is 36.1 Å².